The number of carbonyl (C=O) groups excluding carboxylic acids is 1. The molecule has 90 valence electrons. The monoisotopic (exact) mass is 220 g/mol. The Morgan fingerprint density at radius 3 is 2.60 bits per heavy atom. The van der Waals surface area contributed by atoms with Gasteiger partial charge >= 0.3 is 5.97 Å². The average Bonchev–Trinajstić information content (AvgIpc) is 2.25. The topological polar surface area (TPSA) is 119 Å². The Morgan fingerprint density at radius 1 is 1.40 bits per heavy atom. The van der Waals surface area contributed by atoms with Crippen LogP contribution in [0.5, 0.6) is 0 Å². The van der Waals surface area contributed by atoms with Crippen molar-refractivity contribution in [3.05, 3.63) is 0 Å². The number of unbranched alkanes of at least 4 members (excludes halogenated alkanes) is 1. The van der Waals surface area contributed by atoms with E-state index < -0.39 is 24.7 Å². The summed E-state index contributed by atoms with van der Waals surface area (Å²) in [6, 6.07) is -0.678. The number of hydrogen-bond acceptors (Lipinski definition) is 6. The predicted octanol–water partition coefficient (Wildman–Crippen LogP) is -1.66. The van der Waals surface area contributed by atoms with Gasteiger partial charge in [0.15, 0.2) is 0 Å². The van der Waals surface area contributed by atoms with Crippen LogP contribution in [0.2, 0.25) is 0 Å². The molecule has 0 heterocycles. The van der Waals surface area contributed by atoms with Crippen LogP contribution in [0.1, 0.15) is 19.3 Å². The van der Waals surface area contributed by atoms with Crippen LogP contribution in [0, 0.1) is 0 Å². The highest BCUT2D eigenvalue weighted by molar-refractivity contribution is 5.75. The van der Waals surface area contributed by atoms with Crippen LogP contribution < -0.4 is 11.5 Å². The summed E-state index contributed by atoms with van der Waals surface area (Å²) in [5.41, 5.74) is 10.8. The van der Waals surface area contributed by atoms with Crippen molar-refractivity contribution >= 4 is 5.97 Å². The standard InChI is InChI=1S/C9H20N2O4/c10-4-2-1-3-8(11)9(14)15-6-7(13)5-12/h7-8,12-13H,1-6,10-11H2. The van der Waals surface area contributed by atoms with E-state index in [9.17, 15) is 4.79 Å². The maximum Gasteiger partial charge on any atom is 0.322 e. The summed E-state index contributed by atoms with van der Waals surface area (Å²) in [7, 11) is 0. The maximum atomic E-state index is 11.2. The predicted molar refractivity (Wildman–Crippen MR) is 54.9 cm³/mol. The summed E-state index contributed by atoms with van der Waals surface area (Å²) in [4.78, 5) is 11.2. The van der Waals surface area contributed by atoms with Crippen molar-refractivity contribution in [2.45, 2.75) is 31.4 Å². The van der Waals surface area contributed by atoms with E-state index in [1.807, 2.05) is 0 Å². The molecule has 0 aromatic rings. The molecular weight excluding hydrogens is 200 g/mol. The fourth-order valence-corrected chi connectivity index (χ4v) is 0.965. The van der Waals surface area contributed by atoms with Crippen LogP contribution in [0.4, 0.5) is 0 Å². The minimum atomic E-state index is -1.04. The number of ether oxygens (including phenoxy) is 1. The molecular formula is C9H20N2O4. The molecule has 0 aliphatic heterocycles. The van der Waals surface area contributed by atoms with Crippen LogP contribution in [0.25, 0.3) is 0 Å². The Kier molecular flexibility index (Phi) is 8.21. The van der Waals surface area contributed by atoms with Crippen molar-refractivity contribution in [3.63, 3.8) is 0 Å². The molecule has 0 saturated heterocycles. The SMILES string of the molecule is NCCCCC(N)C(=O)OCC(O)CO. The van der Waals surface area contributed by atoms with Gasteiger partial charge in [-0.1, -0.05) is 6.42 Å². The average molecular weight is 220 g/mol. The smallest absolute Gasteiger partial charge is 0.322 e. The molecule has 0 aromatic heterocycles. The molecule has 2 unspecified atom stereocenters. The van der Waals surface area contributed by atoms with Gasteiger partial charge in [0.1, 0.15) is 18.8 Å². The van der Waals surface area contributed by atoms with Crippen molar-refractivity contribution < 1.29 is 19.7 Å². The Labute approximate surface area is 89.2 Å². The van der Waals surface area contributed by atoms with Gasteiger partial charge < -0.3 is 26.4 Å². The van der Waals surface area contributed by atoms with Gasteiger partial charge in [0, 0.05) is 0 Å². The third kappa shape index (κ3) is 7.26. The van der Waals surface area contributed by atoms with E-state index in [1.54, 1.807) is 0 Å². The lowest BCUT2D eigenvalue weighted by atomic mass is 10.1. The molecule has 0 aromatic carbocycles. The van der Waals surface area contributed by atoms with E-state index in [0.29, 0.717) is 13.0 Å². The van der Waals surface area contributed by atoms with E-state index in [1.165, 1.54) is 0 Å². The minimum absolute atomic E-state index is 0.222. The van der Waals surface area contributed by atoms with E-state index in [0.717, 1.165) is 12.8 Å². The molecule has 2 atom stereocenters. The van der Waals surface area contributed by atoms with Crippen molar-refractivity contribution in [1.82, 2.24) is 0 Å². The lowest BCUT2D eigenvalue weighted by Crippen LogP contribution is -2.34. The largest absolute Gasteiger partial charge is 0.462 e. The summed E-state index contributed by atoms with van der Waals surface area (Å²) in [5, 5.41) is 17.4. The number of aliphatic hydroxyl groups is 2. The molecule has 6 N–H and O–H groups in total. The third-order valence-electron chi connectivity index (χ3n) is 1.90. The van der Waals surface area contributed by atoms with Gasteiger partial charge in [-0.25, -0.2) is 0 Å². The Hall–Kier alpha value is -0.690. The van der Waals surface area contributed by atoms with Gasteiger partial charge in [-0.3, -0.25) is 4.79 Å². The van der Waals surface area contributed by atoms with Gasteiger partial charge in [-0.15, -0.1) is 0 Å². The molecule has 6 heteroatoms. The second-order valence-electron chi connectivity index (χ2n) is 3.36. The number of nitrogens with two attached hydrogens (primary N) is 2. The summed E-state index contributed by atoms with van der Waals surface area (Å²) >= 11 is 0. The highest BCUT2D eigenvalue weighted by atomic mass is 16.5. The summed E-state index contributed by atoms with van der Waals surface area (Å²) in [6.07, 6.45) is 1.08. The molecule has 0 spiro atoms. The fraction of sp³-hybridized carbons (Fsp3) is 0.889. The number of hydrogen-bond donors (Lipinski definition) is 4. The maximum absolute atomic E-state index is 11.2. The molecule has 0 amide bonds. The first-order valence-corrected chi connectivity index (χ1v) is 5.03. The van der Waals surface area contributed by atoms with Gasteiger partial charge in [0.2, 0.25) is 0 Å². The molecule has 0 rings (SSSR count). The summed E-state index contributed by atoms with van der Waals surface area (Å²) < 4.78 is 4.68. The van der Waals surface area contributed by atoms with Crippen molar-refractivity contribution in [1.29, 1.82) is 0 Å². The van der Waals surface area contributed by atoms with Crippen molar-refractivity contribution in [3.8, 4) is 0 Å². The highest BCUT2D eigenvalue weighted by Crippen LogP contribution is 2.00. The van der Waals surface area contributed by atoms with Crippen molar-refractivity contribution in [2.24, 2.45) is 11.5 Å². The minimum Gasteiger partial charge on any atom is -0.462 e. The summed E-state index contributed by atoms with van der Waals surface area (Å²) in [5.74, 6) is -0.556. The zero-order valence-corrected chi connectivity index (χ0v) is 8.76. The van der Waals surface area contributed by atoms with Gasteiger partial charge in [0.25, 0.3) is 0 Å². The number of carbonyl (C=O) groups is 1. The van der Waals surface area contributed by atoms with Crippen LogP contribution >= 0.6 is 0 Å². The van der Waals surface area contributed by atoms with E-state index >= 15 is 0 Å². The lowest BCUT2D eigenvalue weighted by Gasteiger charge is -2.12. The highest BCUT2D eigenvalue weighted by Gasteiger charge is 2.15. The molecule has 0 fully saturated rings. The number of rotatable bonds is 8. The van der Waals surface area contributed by atoms with Gasteiger partial charge in [0.05, 0.1) is 6.61 Å². The molecule has 6 nitrogen and oxygen atoms in total. The normalized spacial score (nSPS) is 14.7. The van der Waals surface area contributed by atoms with Crippen LogP contribution in [0.3, 0.4) is 0 Å². The molecule has 0 aliphatic carbocycles. The molecule has 0 aliphatic rings. The van der Waals surface area contributed by atoms with E-state index in [2.05, 4.69) is 4.74 Å². The van der Waals surface area contributed by atoms with E-state index in [4.69, 9.17) is 21.7 Å². The van der Waals surface area contributed by atoms with Crippen molar-refractivity contribution in [2.75, 3.05) is 19.8 Å². The Morgan fingerprint density at radius 2 is 2.07 bits per heavy atom. The first-order valence-electron chi connectivity index (χ1n) is 5.03. The fourth-order valence-electron chi connectivity index (χ4n) is 0.965. The van der Waals surface area contributed by atoms with Crippen LogP contribution in [0.15, 0.2) is 0 Å². The molecule has 0 radical (unpaired) electrons. The molecule has 15 heavy (non-hydrogen) atoms. The first kappa shape index (κ1) is 14.3. The quantitative estimate of drug-likeness (QED) is 0.287. The third-order valence-corrected chi connectivity index (χ3v) is 1.90. The van der Waals surface area contributed by atoms with Gasteiger partial charge in [-0.05, 0) is 19.4 Å². The number of aliphatic hydroxyl groups excluding tert-OH is 2. The first-order chi connectivity index (χ1) is 7.11. The zero-order chi connectivity index (χ0) is 11.7. The number of esters is 1. The second-order valence-corrected chi connectivity index (χ2v) is 3.36. The van der Waals surface area contributed by atoms with E-state index in [-0.39, 0.29) is 6.61 Å². The van der Waals surface area contributed by atoms with Crippen LogP contribution in [-0.4, -0.2) is 48.1 Å². The zero-order valence-electron chi connectivity index (χ0n) is 8.76. The Bertz CT molecular complexity index is 177. The lowest BCUT2D eigenvalue weighted by molar-refractivity contribution is -0.149. The Balaban J connectivity index is 3.60. The van der Waals surface area contributed by atoms with Gasteiger partial charge in [-0.2, -0.15) is 0 Å². The molecule has 0 bridgehead atoms. The molecule has 0 saturated carbocycles. The second kappa shape index (κ2) is 8.60. The van der Waals surface area contributed by atoms with Crippen LogP contribution in [-0.2, 0) is 9.53 Å². The summed E-state index contributed by atoms with van der Waals surface area (Å²) in [6.45, 7) is -0.0827.